The third kappa shape index (κ3) is 3.05. The molecule has 3 heterocycles. The fourth-order valence-corrected chi connectivity index (χ4v) is 2.95. The Hall–Kier alpha value is -0.750. The number of aryl methyl sites for hydroxylation is 1. The maximum atomic E-state index is 5.96. The van der Waals surface area contributed by atoms with Gasteiger partial charge in [-0.05, 0) is 13.0 Å². The molecule has 0 unspecified atom stereocenters. The minimum Gasteiger partial charge on any atom is -0.347 e. The van der Waals surface area contributed by atoms with Gasteiger partial charge in [-0.15, -0.1) is 0 Å². The predicted molar refractivity (Wildman–Crippen MR) is 70.9 cm³/mol. The molecule has 0 aromatic carbocycles. The van der Waals surface area contributed by atoms with Gasteiger partial charge >= 0.3 is 0 Å². The van der Waals surface area contributed by atoms with E-state index in [0.717, 1.165) is 57.2 Å². The van der Waals surface area contributed by atoms with Crippen molar-refractivity contribution in [2.75, 3.05) is 26.3 Å². The summed E-state index contributed by atoms with van der Waals surface area (Å²) >= 11 is 5.96. The quantitative estimate of drug-likeness (QED) is 0.774. The number of hydrogen-bond donors (Lipinski definition) is 0. The van der Waals surface area contributed by atoms with Crippen molar-refractivity contribution in [3.63, 3.8) is 0 Å². The Balaban J connectivity index is 1.59. The molecule has 0 atom stereocenters. The molecular weight excluding hydrogens is 266 g/mol. The zero-order chi connectivity index (χ0) is 13.3. The molecule has 1 aromatic heterocycles. The van der Waals surface area contributed by atoms with E-state index in [9.17, 15) is 0 Å². The highest BCUT2D eigenvalue weighted by Crippen LogP contribution is 2.31. The van der Waals surface area contributed by atoms with Gasteiger partial charge in [-0.2, -0.15) is 0 Å². The lowest BCUT2D eigenvalue weighted by Gasteiger charge is -2.37. The monoisotopic (exact) mass is 283 g/mol. The summed E-state index contributed by atoms with van der Waals surface area (Å²) in [5.74, 6) is 0.468. The molecule has 0 amide bonds. The van der Waals surface area contributed by atoms with Crippen LogP contribution in [0.2, 0.25) is 5.15 Å². The van der Waals surface area contributed by atoms with Gasteiger partial charge in [0.1, 0.15) is 11.0 Å². The number of ether oxygens (including phenoxy) is 2. The number of aromatic nitrogens is 2. The fraction of sp³-hybridized carbons (Fsp3) is 0.692. The molecule has 2 saturated heterocycles. The van der Waals surface area contributed by atoms with Crippen molar-refractivity contribution in [3.05, 3.63) is 22.7 Å². The van der Waals surface area contributed by atoms with Gasteiger partial charge in [0, 0.05) is 31.6 Å². The van der Waals surface area contributed by atoms with E-state index in [1.165, 1.54) is 0 Å². The van der Waals surface area contributed by atoms with Crippen molar-refractivity contribution in [2.24, 2.45) is 0 Å². The Morgan fingerprint density at radius 3 is 2.58 bits per heavy atom. The summed E-state index contributed by atoms with van der Waals surface area (Å²) in [6.07, 6.45) is 1.82. The van der Waals surface area contributed by atoms with Crippen LogP contribution in [-0.2, 0) is 16.0 Å². The number of halogens is 1. The van der Waals surface area contributed by atoms with Crippen molar-refractivity contribution in [3.8, 4) is 0 Å². The first-order chi connectivity index (χ1) is 9.15. The Bertz CT molecular complexity index is 433. The first-order valence-corrected chi connectivity index (χ1v) is 7.03. The maximum absolute atomic E-state index is 5.96. The molecule has 5 nitrogen and oxygen atoms in total. The van der Waals surface area contributed by atoms with Gasteiger partial charge in [0.2, 0.25) is 0 Å². The molecule has 6 heteroatoms. The second-order valence-electron chi connectivity index (χ2n) is 5.13. The standard InChI is InChI=1S/C13H18ClN3O2/c1-10-8-11(14)16-12(15-10)9-17-4-2-13(3-5-17)18-6-7-19-13/h8H,2-7,9H2,1H3. The molecule has 3 rings (SSSR count). The molecule has 0 radical (unpaired) electrons. The third-order valence-corrected chi connectivity index (χ3v) is 3.86. The molecule has 2 aliphatic rings. The lowest BCUT2D eigenvalue weighted by Crippen LogP contribution is -2.44. The van der Waals surface area contributed by atoms with Crippen LogP contribution in [0.5, 0.6) is 0 Å². The molecule has 0 saturated carbocycles. The summed E-state index contributed by atoms with van der Waals surface area (Å²) < 4.78 is 11.4. The first kappa shape index (κ1) is 13.2. The number of nitrogens with zero attached hydrogens (tertiary/aromatic N) is 3. The van der Waals surface area contributed by atoms with Gasteiger partial charge < -0.3 is 9.47 Å². The van der Waals surface area contributed by atoms with Crippen LogP contribution in [0.15, 0.2) is 6.07 Å². The van der Waals surface area contributed by atoms with Crippen LogP contribution in [0.25, 0.3) is 0 Å². The Morgan fingerprint density at radius 2 is 1.95 bits per heavy atom. The molecule has 104 valence electrons. The van der Waals surface area contributed by atoms with Gasteiger partial charge in [0.15, 0.2) is 5.79 Å². The average molecular weight is 284 g/mol. The maximum Gasteiger partial charge on any atom is 0.170 e. The molecule has 1 spiro atoms. The van der Waals surface area contributed by atoms with Crippen LogP contribution in [0.4, 0.5) is 0 Å². The summed E-state index contributed by atoms with van der Waals surface area (Å²) in [4.78, 5) is 11.0. The van der Waals surface area contributed by atoms with Gasteiger partial charge in [-0.3, -0.25) is 4.90 Å². The van der Waals surface area contributed by atoms with Crippen LogP contribution in [-0.4, -0.2) is 47.0 Å². The SMILES string of the molecule is Cc1cc(Cl)nc(CN2CCC3(CC2)OCCO3)n1. The smallest absolute Gasteiger partial charge is 0.170 e. The van der Waals surface area contributed by atoms with Gasteiger partial charge in [-0.1, -0.05) is 11.6 Å². The van der Waals surface area contributed by atoms with E-state index in [4.69, 9.17) is 21.1 Å². The summed E-state index contributed by atoms with van der Waals surface area (Å²) in [7, 11) is 0. The third-order valence-electron chi connectivity index (χ3n) is 3.67. The molecule has 1 aromatic rings. The topological polar surface area (TPSA) is 47.5 Å². The minimum absolute atomic E-state index is 0.318. The number of likely N-dealkylation sites (tertiary alicyclic amines) is 1. The van der Waals surface area contributed by atoms with E-state index < -0.39 is 0 Å². The normalized spacial score (nSPS) is 23.1. The second kappa shape index (κ2) is 5.32. The van der Waals surface area contributed by atoms with Crippen LogP contribution in [0.3, 0.4) is 0 Å². The summed E-state index contributed by atoms with van der Waals surface area (Å²) in [5.41, 5.74) is 0.908. The lowest BCUT2D eigenvalue weighted by molar-refractivity contribution is -0.185. The molecular formula is C13H18ClN3O2. The Kier molecular flexibility index (Phi) is 3.71. The summed E-state index contributed by atoms with van der Waals surface area (Å²) in [6, 6.07) is 1.77. The molecule has 0 bridgehead atoms. The van der Waals surface area contributed by atoms with Crippen LogP contribution in [0, 0.1) is 6.92 Å². The highest BCUT2D eigenvalue weighted by atomic mass is 35.5. The van der Waals surface area contributed by atoms with Gasteiger partial charge in [0.25, 0.3) is 0 Å². The number of piperidine rings is 1. The molecule has 19 heavy (non-hydrogen) atoms. The van der Waals surface area contributed by atoms with Crippen LogP contribution in [0.1, 0.15) is 24.4 Å². The van der Waals surface area contributed by atoms with E-state index in [2.05, 4.69) is 14.9 Å². The molecule has 2 fully saturated rings. The fourth-order valence-electron chi connectivity index (χ4n) is 2.70. The highest BCUT2D eigenvalue weighted by Gasteiger charge is 2.39. The molecule has 0 N–H and O–H groups in total. The first-order valence-electron chi connectivity index (χ1n) is 6.66. The minimum atomic E-state index is -0.318. The number of rotatable bonds is 2. The average Bonchev–Trinajstić information content (AvgIpc) is 2.80. The zero-order valence-electron chi connectivity index (χ0n) is 11.1. The van der Waals surface area contributed by atoms with E-state index >= 15 is 0 Å². The molecule has 2 aliphatic heterocycles. The van der Waals surface area contributed by atoms with E-state index in [-0.39, 0.29) is 5.79 Å². The largest absolute Gasteiger partial charge is 0.347 e. The number of hydrogen-bond acceptors (Lipinski definition) is 5. The van der Waals surface area contributed by atoms with E-state index in [1.807, 2.05) is 6.92 Å². The Labute approximate surface area is 117 Å². The van der Waals surface area contributed by atoms with Crippen LogP contribution < -0.4 is 0 Å². The highest BCUT2D eigenvalue weighted by molar-refractivity contribution is 6.29. The Morgan fingerprint density at radius 1 is 1.26 bits per heavy atom. The van der Waals surface area contributed by atoms with Crippen molar-refractivity contribution >= 4 is 11.6 Å². The zero-order valence-corrected chi connectivity index (χ0v) is 11.8. The van der Waals surface area contributed by atoms with E-state index in [1.54, 1.807) is 6.07 Å². The van der Waals surface area contributed by atoms with Crippen molar-refractivity contribution in [1.29, 1.82) is 0 Å². The van der Waals surface area contributed by atoms with Gasteiger partial charge in [0.05, 0.1) is 19.8 Å². The predicted octanol–water partition coefficient (Wildman–Crippen LogP) is 1.78. The summed E-state index contributed by atoms with van der Waals surface area (Å²) in [5, 5.41) is 0.512. The van der Waals surface area contributed by atoms with Crippen LogP contribution >= 0.6 is 11.6 Å². The van der Waals surface area contributed by atoms with Gasteiger partial charge in [-0.25, -0.2) is 9.97 Å². The lowest BCUT2D eigenvalue weighted by atomic mass is 10.0. The van der Waals surface area contributed by atoms with E-state index in [0.29, 0.717) is 5.15 Å². The second-order valence-corrected chi connectivity index (χ2v) is 5.52. The van der Waals surface area contributed by atoms with Crippen molar-refractivity contribution in [2.45, 2.75) is 32.1 Å². The molecule has 0 aliphatic carbocycles. The van der Waals surface area contributed by atoms with Crippen molar-refractivity contribution < 1.29 is 9.47 Å². The van der Waals surface area contributed by atoms with Crippen molar-refractivity contribution in [1.82, 2.24) is 14.9 Å². The summed E-state index contributed by atoms with van der Waals surface area (Å²) in [6.45, 7) is 5.98.